The van der Waals surface area contributed by atoms with Gasteiger partial charge in [0.25, 0.3) is 0 Å². The van der Waals surface area contributed by atoms with Crippen molar-refractivity contribution < 1.29 is 19.4 Å². The zero-order valence-electron chi connectivity index (χ0n) is 21.1. The molecule has 0 bridgehead atoms. The quantitative estimate of drug-likeness (QED) is 0.320. The average Bonchev–Trinajstić information content (AvgIpc) is 3.50. The van der Waals surface area contributed by atoms with E-state index in [0.717, 1.165) is 46.4 Å². The Balaban J connectivity index is 1.74. The van der Waals surface area contributed by atoms with Crippen molar-refractivity contribution in [2.45, 2.75) is 38.1 Å². The normalized spacial score (nSPS) is 21.8. The number of rotatable bonds is 4. The molecule has 1 fully saturated rings. The second-order valence-electron chi connectivity index (χ2n) is 10.4. The minimum Gasteiger partial charge on any atom is -0.497 e. The molecule has 1 saturated carbocycles. The number of hydrogen-bond donors (Lipinski definition) is 2. The molecule has 2 atom stereocenters. The van der Waals surface area contributed by atoms with Gasteiger partial charge in [-0.25, -0.2) is 0 Å². The second-order valence-corrected chi connectivity index (χ2v) is 10.4. The molecule has 1 aliphatic carbocycles. The number of aryl methyl sites for hydroxylation is 2. The first-order valence-corrected chi connectivity index (χ1v) is 12.4. The molecule has 1 amide bonds. The molecule has 184 valence electrons. The Hall–Kier alpha value is -3.77. The van der Waals surface area contributed by atoms with E-state index in [1.807, 2.05) is 50.2 Å². The summed E-state index contributed by atoms with van der Waals surface area (Å²) in [5, 5.41) is 12.4. The number of benzene rings is 3. The van der Waals surface area contributed by atoms with Gasteiger partial charge in [-0.15, -0.1) is 0 Å². The summed E-state index contributed by atoms with van der Waals surface area (Å²) in [6.07, 6.45) is 1.10. The standard InChI is InChI=1S/C30H30N2O4/c1-18-11-19(2)13-21(12-18)32(29(33)34)17-30(9-10-30)26-24-7-5-6-8-25(24)31-27(26)28(32)20-14-22(35-3)16-23(15-20)36-4/h5-8,11-16,28,31H,9-10,17H2,1-4H3/p+1. The fourth-order valence-corrected chi connectivity index (χ4v) is 6.48. The summed E-state index contributed by atoms with van der Waals surface area (Å²) in [4.78, 5) is 17.3. The second kappa shape index (κ2) is 7.87. The van der Waals surface area contributed by atoms with Crippen LogP contribution in [0.5, 0.6) is 11.5 Å². The Labute approximate surface area is 210 Å². The molecule has 0 saturated heterocycles. The zero-order valence-corrected chi connectivity index (χ0v) is 21.1. The minimum atomic E-state index is -0.859. The summed E-state index contributed by atoms with van der Waals surface area (Å²) in [6, 6.07) is 19.7. The topological polar surface area (TPSA) is 71.5 Å². The van der Waals surface area contributed by atoms with E-state index in [1.54, 1.807) is 14.2 Å². The highest BCUT2D eigenvalue weighted by Crippen LogP contribution is 2.61. The minimum absolute atomic E-state index is 0.176. The summed E-state index contributed by atoms with van der Waals surface area (Å²) in [6.45, 7) is 4.55. The maximum absolute atomic E-state index is 13.6. The van der Waals surface area contributed by atoms with Crippen molar-refractivity contribution in [2.75, 3.05) is 20.8 Å². The van der Waals surface area contributed by atoms with Crippen LogP contribution in [0, 0.1) is 13.8 Å². The van der Waals surface area contributed by atoms with Crippen LogP contribution in [0.25, 0.3) is 10.9 Å². The van der Waals surface area contributed by atoms with E-state index in [1.165, 1.54) is 10.9 Å². The van der Waals surface area contributed by atoms with Gasteiger partial charge in [0.05, 0.1) is 19.9 Å². The number of carboxylic acid groups (broad SMARTS) is 1. The number of ether oxygens (including phenoxy) is 2. The number of para-hydroxylation sites is 1. The third kappa shape index (κ3) is 3.17. The van der Waals surface area contributed by atoms with Crippen LogP contribution in [-0.2, 0) is 5.41 Å². The third-order valence-corrected chi connectivity index (χ3v) is 8.08. The third-order valence-electron chi connectivity index (χ3n) is 8.08. The van der Waals surface area contributed by atoms with Gasteiger partial charge < -0.3 is 19.6 Å². The molecule has 6 rings (SSSR count). The van der Waals surface area contributed by atoms with E-state index >= 15 is 0 Å². The van der Waals surface area contributed by atoms with Crippen molar-refractivity contribution in [3.05, 3.63) is 88.6 Å². The lowest BCUT2D eigenvalue weighted by Crippen LogP contribution is -2.62. The number of amides is 1. The van der Waals surface area contributed by atoms with Crippen molar-refractivity contribution in [1.82, 2.24) is 9.47 Å². The SMILES string of the molecule is COc1cc(OC)cc(C2c3[nH]c4ccccc4c3C3(CC3)C[N+]2(C(=O)O)c2cc(C)cc(C)c2)c1. The van der Waals surface area contributed by atoms with Gasteiger partial charge in [0, 0.05) is 40.1 Å². The largest absolute Gasteiger partial charge is 0.519 e. The number of nitrogens with zero attached hydrogens (tertiary/aromatic N) is 1. The van der Waals surface area contributed by atoms with E-state index in [4.69, 9.17) is 9.47 Å². The average molecular weight is 484 g/mol. The Morgan fingerprint density at radius 3 is 2.19 bits per heavy atom. The summed E-state index contributed by atoms with van der Waals surface area (Å²) in [5.74, 6) is 1.27. The maximum atomic E-state index is 13.6. The molecule has 1 aliphatic heterocycles. The first-order chi connectivity index (χ1) is 17.3. The van der Waals surface area contributed by atoms with Gasteiger partial charge in [-0.05, 0) is 61.6 Å². The van der Waals surface area contributed by atoms with Crippen LogP contribution >= 0.6 is 0 Å². The molecule has 4 aromatic rings. The molecular weight excluding hydrogens is 452 g/mol. The lowest BCUT2D eigenvalue weighted by atomic mass is 9.80. The maximum Gasteiger partial charge on any atom is 0.519 e. The van der Waals surface area contributed by atoms with E-state index < -0.39 is 12.1 Å². The van der Waals surface area contributed by atoms with Crippen molar-refractivity contribution >= 4 is 22.7 Å². The molecule has 36 heavy (non-hydrogen) atoms. The number of aromatic nitrogens is 1. The number of H-pyrrole nitrogens is 1. The number of hydrogen-bond acceptors (Lipinski definition) is 3. The molecule has 6 nitrogen and oxygen atoms in total. The number of aromatic amines is 1. The molecular formula is C30H31N2O4+. The van der Waals surface area contributed by atoms with Crippen LogP contribution in [0.2, 0.25) is 0 Å². The predicted octanol–water partition coefficient (Wildman–Crippen LogP) is 6.62. The molecule has 2 unspecified atom stereocenters. The predicted molar refractivity (Wildman–Crippen MR) is 141 cm³/mol. The summed E-state index contributed by atoms with van der Waals surface area (Å²) >= 11 is 0. The number of quaternary nitrogens is 1. The number of methoxy groups -OCH3 is 2. The van der Waals surface area contributed by atoms with Gasteiger partial charge in [0.2, 0.25) is 0 Å². The van der Waals surface area contributed by atoms with Crippen LogP contribution in [-0.4, -0.2) is 36.9 Å². The van der Waals surface area contributed by atoms with Crippen molar-refractivity contribution in [3.8, 4) is 11.5 Å². The molecule has 2 aliphatic rings. The highest BCUT2D eigenvalue weighted by atomic mass is 16.5. The van der Waals surface area contributed by atoms with Crippen LogP contribution in [0.15, 0.2) is 60.7 Å². The summed E-state index contributed by atoms with van der Waals surface area (Å²) in [7, 11) is 3.24. The number of fused-ring (bicyclic) bond motifs is 4. The van der Waals surface area contributed by atoms with Crippen LogP contribution in [0.3, 0.4) is 0 Å². The van der Waals surface area contributed by atoms with Gasteiger partial charge in [-0.3, -0.25) is 0 Å². The number of nitrogens with one attached hydrogen (secondary N) is 1. The highest BCUT2D eigenvalue weighted by Gasteiger charge is 2.65. The molecule has 1 spiro atoms. The summed E-state index contributed by atoms with van der Waals surface area (Å²) < 4.78 is 11.0. The molecule has 1 aromatic heterocycles. The van der Waals surface area contributed by atoms with Crippen LogP contribution < -0.4 is 14.0 Å². The fourth-order valence-electron chi connectivity index (χ4n) is 6.48. The molecule has 0 radical (unpaired) electrons. The van der Waals surface area contributed by atoms with Crippen molar-refractivity contribution in [1.29, 1.82) is 0 Å². The molecule has 2 N–H and O–H groups in total. The zero-order chi connectivity index (χ0) is 25.2. The Kier molecular flexibility index (Phi) is 4.96. The highest BCUT2D eigenvalue weighted by molar-refractivity contribution is 5.91. The fraction of sp³-hybridized carbons (Fsp3) is 0.300. The van der Waals surface area contributed by atoms with Crippen LogP contribution in [0.4, 0.5) is 10.5 Å². The Bertz CT molecular complexity index is 1470. The van der Waals surface area contributed by atoms with Crippen molar-refractivity contribution in [2.24, 2.45) is 0 Å². The van der Waals surface area contributed by atoms with E-state index in [9.17, 15) is 9.90 Å². The molecule has 3 aromatic carbocycles. The molecule has 2 heterocycles. The van der Waals surface area contributed by atoms with Crippen molar-refractivity contribution in [3.63, 3.8) is 0 Å². The molecule has 6 heteroatoms. The van der Waals surface area contributed by atoms with Gasteiger partial charge in [-0.1, -0.05) is 24.3 Å². The van der Waals surface area contributed by atoms with E-state index in [0.29, 0.717) is 18.0 Å². The smallest absolute Gasteiger partial charge is 0.497 e. The Morgan fingerprint density at radius 1 is 0.972 bits per heavy atom. The van der Waals surface area contributed by atoms with Gasteiger partial charge in [-0.2, -0.15) is 9.28 Å². The monoisotopic (exact) mass is 483 g/mol. The first-order valence-electron chi connectivity index (χ1n) is 12.4. The lowest BCUT2D eigenvalue weighted by molar-refractivity contribution is 0.121. The lowest BCUT2D eigenvalue weighted by Gasteiger charge is -2.45. The Morgan fingerprint density at radius 2 is 1.61 bits per heavy atom. The van der Waals surface area contributed by atoms with Gasteiger partial charge >= 0.3 is 6.09 Å². The summed E-state index contributed by atoms with van der Waals surface area (Å²) in [5.41, 5.74) is 6.85. The van der Waals surface area contributed by atoms with Crippen LogP contribution in [0.1, 0.15) is 46.8 Å². The first kappa shape index (κ1) is 22.7. The van der Waals surface area contributed by atoms with E-state index in [2.05, 4.69) is 29.2 Å². The van der Waals surface area contributed by atoms with E-state index in [-0.39, 0.29) is 9.90 Å². The number of carbonyl (C=O) groups is 1. The van der Waals surface area contributed by atoms with Gasteiger partial charge in [0.1, 0.15) is 23.7 Å². The van der Waals surface area contributed by atoms with Gasteiger partial charge in [0.15, 0.2) is 6.04 Å².